The lowest BCUT2D eigenvalue weighted by molar-refractivity contribution is 0.0956. The van der Waals surface area contributed by atoms with Gasteiger partial charge in [0.05, 0.1) is 0 Å². The third kappa shape index (κ3) is 3.25. The van der Waals surface area contributed by atoms with Crippen LogP contribution in [0, 0.1) is 5.92 Å². The zero-order valence-corrected chi connectivity index (χ0v) is 12.2. The smallest absolute Gasteiger partial charge is 0.0451 e. The Morgan fingerprint density at radius 2 is 2.11 bits per heavy atom. The molecule has 18 heavy (non-hydrogen) atoms. The van der Waals surface area contributed by atoms with Crippen LogP contribution in [-0.4, -0.2) is 30.1 Å². The molecule has 2 nitrogen and oxygen atoms in total. The van der Waals surface area contributed by atoms with Crippen LogP contribution in [0.4, 0.5) is 0 Å². The van der Waals surface area contributed by atoms with Crippen LogP contribution < -0.4 is 5.32 Å². The van der Waals surface area contributed by atoms with Gasteiger partial charge in [-0.1, -0.05) is 43.6 Å². The molecule has 100 valence electrons. The molecule has 0 spiro atoms. The minimum absolute atomic E-state index is 0.558. The molecule has 1 fully saturated rings. The molecule has 1 aliphatic rings. The Kier molecular flexibility index (Phi) is 4.66. The summed E-state index contributed by atoms with van der Waals surface area (Å²) >= 11 is 6.26. The third-order valence-corrected chi connectivity index (χ3v) is 4.12. The van der Waals surface area contributed by atoms with E-state index in [1.165, 1.54) is 5.56 Å². The quantitative estimate of drug-likeness (QED) is 0.904. The summed E-state index contributed by atoms with van der Waals surface area (Å²) in [6, 6.07) is 9.32. The van der Waals surface area contributed by atoms with Gasteiger partial charge in [0.25, 0.3) is 0 Å². The van der Waals surface area contributed by atoms with E-state index in [0.29, 0.717) is 18.0 Å². The highest BCUT2D eigenvalue weighted by Gasteiger charge is 2.28. The number of nitrogens with one attached hydrogen (secondary N) is 1. The Bertz CT molecular complexity index is 392. The van der Waals surface area contributed by atoms with E-state index in [1.54, 1.807) is 0 Å². The topological polar surface area (TPSA) is 15.3 Å². The molecule has 1 aromatic rings. The van der Waals surface area contributed by atoms with E-state index < -0.39 is 0 Å². The first kappa shape index (κ1) is 13.9. The molecule has 1 N–H and O–H groups in total. The zero-order chi connectivity index (χ0) is 13.1. The van der Waals surface area contributed by atoms with Crippen molar-refractivity contribution < 1.29 is 0 Å². The highest BCUT2D eigenvalue weighted by atomic mass is 35.5. The summed E-state index contributed by atoms with van der Waals surface area (Å²) in [6.45, 7) is 9.95. The molecule has 3 heteroatoms. The van der Waals surface area contributed by atoms with Crippen molar-refractivity contribution in [2.75, 3.05) is 13.1 Å². The third-order valence-electron chi connectivity index (χ3n) is 3.75. The van der Waals surface area contributed by atoms with Crippen molar-refractivity contribution in [3.8, 4) is 0 Å². The van der Waals surface area contributed by atoms with Crippen molar-refractivity contribution >= 4 is 11.6 Å². The Morgan fingerprint density at radius 3 is 2.78 bits per heavy atom. The number of hydrogen-bond donors (Lipinski definition) is 1. The van der Waals surface area contributed by atoms with E-state index in [0.717, 1.165) is 24.7 Å². The van der Waals surface area contributed by atoms with Crippen LogP contribution in [0.25, 0.3) is 0 Å². The Hall–Kier alpha value is -0.570. The largest absolute Gasteiger partial charge is 0.311 e. The predicted molar refractivity (Wildman–Crippen MR) is 78.0 cm³/mol. The molecule has 2 atom stereocenters. The van der Waals surface area contributed by atoms with Crippen molar-refractivity contribution in [3.63, 3.8) is 0 Å². The van der Waals surface area contributed by atoms with Crippen molar-refractivity contribution in [2.24, 2.45) is 5.92 Å². The Labute approximate surface area is 115 Å². The number of piperazine rings is 1. The predicted octanol–water partition coefficient (Wildman–Crippen LogP) is 3.16. The average Bonchev–Trinajstić information content (AvgIpc) is 2.32. The number of hydrogen-bond acceptors (Lipinski definition) is 2. The second-order valence-electron chi connectivity index (χ2n) is 5.64. The maximum atomic E-state index is 6.26. The van der Waals surface area contributed by atoms with E-state index in [4.69, 9.17) is 11.6 Å². The van der Waals surface area contributed by atoms with Gasteiger partial charge < -0.3 is 5.32 Å². The van der Waals surface area contributed by atoms with Crippen LogP contribution in [0.2, 0.25) is 5.02 Å². The summed E-state index contributed by atoms with van der Waals surface area (Å²) in [5.74, 6) is 0.660. The highest BCUT2D eigenvalue weighted by molar-refractivity contribution is 6.31. The number of halogens is 1. The second-order valence-corrected chi connectivity index (χ2v) is 6.05. The molecule has 0 amide bonds. The van der Waals surface area contributed by atoms with Crippen molar-refractivity contribution in [3.05, 3.63) is 34.9 Å². The molecule has 1 heterocycles. The van der Waals surface area contributed by atoms with Crippen LogP contribution in [0.3, 0.4) is 0 Å². The monoisotopic (exact) mass is 266 g/mol. The molecule has 2 rings (SSSR count). The Balaban J connectivity index is 2.11. The lowest BCUT2D eigenvalue weighted by Crippen LogP contribution is -2.56. The number of rotatable bonds is 3. The van der Waals surface area contributed by atoms with Crippen LogP contribution in [0.1, 0.15) is 26.3 Å². The molecule has 1 aromatic carbocycles. The van der Waals surface area contributed by atoms with Gasteiger partial charge >= 0.3 is 0 Å². The van der Waals surface area contributed by atoms with E-state index >= 15 is 0 Å². The van der Waals surface area contributed by atoms with Gasteiger partial charge in [-0.3, -0.25) is 4.90 Å². The molecule has 2 unspecified atom stereocenters. The summed E-state index contributed by atoms with van der Waals surface area (Å²) in [6.07, 6.45) is 0. The first-order valence-corrected chi connectivity index (χ1v) is 7.16. The first-order chi connectivity index (χ1) is 8.58. The van der Waals surface area contributed by atoms with Crippen LogP contribution in [-0.2, 0) is 6.54 Å². The van der Waals surface area contributed by atoms with Gasteiger partial charge in [0.1, 0.15) is 0 Å². The molecule has 0 aliphatic carbocycles. The number of nitrogens with zero attached hydrogens (tertiary/aromatic N) is 1. The van der Waals surface area contributed by atoms with Gasteiger partial charge in [-0.25, -0.2) is 0 Å². The molecule has 0 saturated carbocycles. The molecule has 1 aliphatic heterocycles. The van der Waals surface area contributed by atoms with Gasteiger partial charge in [0, 0.05) is 36.7 Å². The fourth-order valence-electron chi connectivity index (χ4n) is 2.69. The van der Waals surface area contributed by atoms with Crippen LogP contribution in [0.15, 0.2) is 24.3 Å². The number of benzene rings is 1. The van der Waals surface area contributed by atoms with Crippen molar-refractivity contribution in [2.45, 2.75) is 39.4 Å². The minimum atomic E-state index is 0.558. The van der Waals surface area contributed by atoms with E-state index in [1.807, 2.05) is 12.1 Å². The summed E-state index contributed by atoms with van der Waals surface area (Å²) in [5.41, 5.74) is 1.24. The summed E-state index contributed by atoms with van der Waals surface area (Å²) in [4.78, 5) is 2.56. The lowest BCUT2D eigenvalue weighted by Gasteiger charge is -2.41. The lowest BCUT2D eigenvalue weighted by atomic mass is 9.98. The van der Waals surface area contributed by atoms with Crippen molar-refractivity contribution in [1.82, 2.24) is 10.2 Å². The average molecular weight is 267 g/mol. The molecular formula is C15H23ClN2. The summed E-state index contributed by atoms with van der Waals surface area (Å²) < 4.78 is 0. The first-order valence-electron chi connectivity index (χ1n) is 6.78. The highest BCUT2D eigenvalue weighted by Crippen LogP contribution is 2.22. The fourth-order valence-corrected chi connectivity index (χ4v) is 2.88. The van der Waals surface area contributed by atoms with Crippen LogP contribution >= 0.6 is 11.6 Å². The van der Waals surface area contributed by atoms with Gasteiger partial charge in [-0.05, 0) is 24.5 Å². The maximum absolute atomic E-state index is 6.26. The van der Waals surface area contributed by atoms with Crippen molar-refractivity contribution in [1.29, 1.82) is 0 Å². The SMILES string of the molecule is CC1CN(Cc2ccccc2Cl)C(C(C)C)CN1. The molecule has 1 saturated heterocycles. The van der Waals surface area contributed by atoms with E-state index in [2.05, 4.69) is 43.1 Å². The molecule has 0 radical (unpaired) electrons. The second kappa shape index (κ2) is 6.05. The summed E-state index contributed by atoms with van der Waals surface area (Å²) in [5, 5.41) is 4.45. The van der Waals surface area contributed by atoms with Crippen LogP contribution in [0.5, 0.6) is 0 Å². The van der Waals surface area contributed by atoms with Gasteiger partial charge in [0.2, 0.25) is 0 Å². The molecular weight excluding hydrogens is 244 g/mol. The summed E-state index contributed by atoms with van der Waals surface area (Å²) in [7, 11) is 0. The standard InChI is InChI=1S/C15H23ClN2/c1-11(2)15-8-17-12(3)9-18(15)10-13-6-4-5-7-14(13)16/h4-7,11-12,15,17H,8-10H2,1-3H3. The van der Waals surface area contributed by atoms with Gasteiger partial charge in [0.15, 0.2) is 0 Å². The molecule has 0 aromatic heterocycles. The minimum Gasteiger partial charge on any atom is -0.311 e. The Morgan fingerprint density at radius 1 is 1.39 bits per heavy atom. The molecule has 0 bridgehead atoms. The fraction of sp³-hybridized carbons (Fsp3) is 0.600. The zero-order valence-electron chi connectivity index (χ0n) is 11.5. The maximum Gasteiger partial charge on any atom is 0.0451 e. The van der Waals surface area contributed by atoms with Gasteiger partial charge in [-0.15, -0.1) is 0 Å². The van der Waals surface area contributed by atoms with E-state index in [9.17, 15) is 0 Å². The van der Waals surface area contributed by atoms with E-state index in [-0.39, 0.29) is 0 Å². The normalized spacial score (nSPS) is 25.6. The van der Waals surface area contributed by atoms with Gasteiger partial charge in [-0.2, -0.15) is 0 Å².